The molecular formula is C23H24N2O3S. The van der Waals surface area contributed by atoms with Crippen molar-refractivity contribution in [2.75, 3.05) is 4.90 Å². The fourth-order valence-corrected chi connectivity index (χ4v) is 3.75. The predicted octanol–water partition coefficient (Wildman–Crippen LogP) is 5.12. The normalized spacial score (nSPS) is 10.6. The molecule has 0 radical (unpaired) electrons. The van der Waals surface area contributed by atoms with Crippen molar-refractivity contribution in [3.8, 4) is 0 Å². The van der Waals surface area contributed by atoms with E-state index in [0.29, 0.717) is 23.7 Å². The maximum Gasteiger partial charge on any atom is 0.306 e. The van der Waals surface area contributed by atoms with Gasteiger partial charge in [0.05, 0.1) is 11.4 Å². The fraction of sp³-hybridized carbons (Fsp3) is 0.261. The van der Waals surface area contributed by atoms with Crippen LogP contribution in [0.1, 0.15) is 35.7 Å². The Morgan fingerprint density at radius 3 is 2.52 bits per heavy atom. The van der Waals surface area contributed by atoms with E-state index in [9.17, 15) is 9.59 Å². The number of esters is 1. The molecule has 6 heteroatoms. The molecule has 0 spiro atoms. The van der Waals surface area contributed by atoms with Gasteiger partial charge in [0.2, 0.25) is 5.91 Å². The van der Waals surface area contributed by atoms with Gasteiger partial charge in [0.1, 0.15) is 6.61 Å². The number of hydrogen-bond donors (Lipinski definition) is 0. The number of nitrogens with zero attached hydrogens (tertiary/aromatic N) is 2. The van der Waals surface area contributed by atoms with Crippen LogP contribution in [0.4, 0.5) is 10.8 Å². The largest absolute Gasteiger partial charge is 0.459 e. The third-order valence-electron chi connectivity index (χ3n) is 4.64. The van der Waals surface area contributed by atoms with Gasteiger partial charge in [0, 0.05) is 18.7 Å². The first-order valence-electron chi connectivity index (χ1n) is 9.46. The van der Waals surface area contributed by atoms with Crippen LogP contribution in [-0.4, -0.2) is 16.9 Å². The number of carbonyl (C=O) groups excluding carboxylic acids is 2. The van der Waals surface area contributed by atoms with Gasteiger partial charge < -0.3 is 4.74 Å². The number of benzene rings is 2. The van der Waals surface area contributed by atoms with Gasteiger partial charge >= 0.3 is 5.97 Å². The summed E-state index contributed by atoms with van der Waals surface area (Å²) in [5.41, 5.74) is 4.79. The molecule has 1 heterocycles. The zero-order valence-electron chi connectivity index (χ0n) is 16.8. The van der Waals surface area contributed by atoms with Crippen LogP contribution in [0.25, 0.3) is 0 Å². The zero-order chi connectivity index (χ0) is 20.8. The molecule has 1 amide bonds. The highest BCUT2D eigenvalue weighted by molar-refractivity contribution is 7.14. The number of carbonyl (C=O) groups is 2. The average molecular weight is 409 g/mol. The van der Waals surface area contributed by atoms with Gasteiger partial charge in [-0.05, 0) is 49.1 Å². The van der Waals surface area contributed by atoms with E-state index in [-0.39, 0.29) is 18.5 Å². The molecule has 3 rings (SSSR count). The van der Waals surface area contributed by atoms with Gasteiger partial charge in [0.25, 0.3) is 0 Å². The first kappa shape index (κ1) is 20.7. The molecule has 0 saturated heterocycles. The smallest absolute Gasteiger partial charge is 0.306 e. The first-order valence-corrected chi connectivity index (χ1v) is 10.3. The standard InChI is InChI=1S/C23H24N2O3S/c1-16-9-11-21(13-17(16)2)25(18(3)26)23-24-20(15-29-23)14-28-22(27)12-10-19-7-5-4-6-8-19/h4-9,11,13,15H,10,12,14H2,1-3H3. The molecule has 29 heavy (non-hydrogen) atoms. The number of hydrogen-bond acceptors (Lipinski definition) is 5. The number of aryl methyl sites for hydroxylation is 3. The molecule has 0 atom stereocenters. The minimum Gasteiger partial charge on any atom is -0.459 e. The molecule has 0 fully saturated rings. The van der Waals surface area contributed by atoms with Crippen LogP contribution in [0.2, 0.25) is 0 Å². The van der Waals surface area contributed by atoms with Gasteiger partial charge in [0.15, 0.2) is 5.13 Å². The summed E-state index contributed by atoms with van der Waals surface area (Å²) in [6.45, 7) is 5.66. The molecule has 1 aromatic heterocycles. The first-order chi connectivity index (χ1) is 13.9. The lowest BCUT2D eigenvalue weighted by Gasteiger charge is -2.19. The maximum atomic E-state index is 12.2. The number of thiazole rings is 1. The number of aromatic nitrogens is 1. The molecule has 0 aliphatic heterocycles. The summed E-state index contributed by atoms with van der Waals surface area (Å²) in [6.07, 6.45) is 0.968. The van der Waals surface area contributed by atoms with Crippen molar-refractivity contribution >= 4 is 34.0 Å². The minimum absolute atomic E-state index is 0.1000. The Balaban J connectivity index is 1.61. The molecule has 0 unspecified atom stereocenters. The third kappa shape index (κ3) is 5.51. The maximum absolute atomic E-state index is 12.2. The van der Waals surface area contributed by atoms with Crippen LogP contribution in [0, 0.1) is 13.8 Å². The highest BCUT2D eigenvalue weighted by Crippen LogP contribution is 2.30. The summed E-state index contributed by atoms with van der Waals surface area (Å²) in [5.74, 6) is -0.380. The molecule has 0 aliphatic rings. The molecule has 0 N–H and O–H groups in total. The minimum atomic E-state index is -0.263. The highest BCUT2D eigenvalue weighted by Gasteiger charge is 2.19. The summed E-state index contributed by atoms with van der Waals surface area (Å²) in [6, 6.07) is 15.7. The van der Waals surface area contributed by atoms with Crippen LogP contribution < -0.4 is 4.90 Å². The molecule has 0 saturated carbocycles. The van der Waals surface area contributed by atoms with Crippen molar-refractivity contribution in [3.63, 3.8) is 0 Å². The summed E-state index contributed by atoms with van der Waals surface area (Å²) in [7, 11) is 0. The van der Waals surface area contributed by atoms with Gasteiger partial charge in [-0.15, -0.1) is 11.3 Å². The number of ether oxygens (including phenoxy) is 1. The molecule has 150 valence electrons. The van der Waals surface area contributed by atoms with Gasteiger partial charge in [-0.1, -0.05) is 36.4 Å². The third-order valence-corrected chi connectivity index (χ3v) is 5.51. The zero-order valence-corrected chi connectivity index (χ0v) is 17.7. The van der Waals surface area contributed by atoms with E-state index in [1.807, 2.05) is 67.8 Å². The van der Waals surface area contributed by atoms with Crippen LogP contribution in [0.3, 0.4) is 0 Å². The Hall–Kier alpha value is -2.99. The van der Waals surface area contributed by atoms with Crippen molar-refractivity contribution in [2.24, 2.45) is 0 Å². The van der Waals surface area contributed by atoms with Crippen molar-refractivity contribution in [3.05, 3.63) is 76.3 Å². The summed E-state index contributed by atoms with van der Waals surface area (Å²) in [4.78, 5) is 30.3. The Labute approximate surface area is 175 Å². The second kappa shape index (κ2) is 9.47. The molecule has 5 nitrogen and oxygen atoms in total. The van der Waals surface area contributed by atoms with Crippen molar-refractivity contribution in [1.82, 2.24) is 4.98 Å². The monoisotopic (exact) mass is 408 g/mol. The number of rotatable bonds is 7. The molecule has 3 aromatic rings. The predicted molar refractivity (Wildman–Crippen MR) is 115 cm³/mol. The second-order valence-electron chi connectivity index (χ2n) is 6.89. The van der Waals surface area contributed by atoms with E-state index in [1.165, 1.54) is 23.8 Å². The van der Waals surface area contributed by atoms with E-state index >= 15 is 0 Å². The summed E-state index contributed by atoms with van der Waals surface area (Å²) < 4.78 is 5.35. The fourth-order valence-electron chi connectivity index (χ4n) is 2.87. The number of amides is 1. The van der Waals surface area contributed by atoms with E-state index in [1.54, 1.807) is 4.90 Å². The van der Waals surface area contributed by atoms with Gasteiger partial charge in [-0.2, -0.15) is 0 Å². The van der Waals surface area contributed by atoms with E-state index in [2.05, 4.69) is 4.98 Å². The van der Waals surface area contributed by atoms with Crippen molar-refractivity contribution < 1.29 is 14.3 Å². The van der Waals surface area contributed by atoms with Gasteiger partial charge in [-0.25, -0.2) is 4.98 Å². The highest BCUT2D eigenvalue weighted by atomic mass is 32.1. The lowest BCUT2D eigenvalue weighted by atomic mass is 10.1. The topological polar surface area (TPSA) is 59.5 Å². The quantitative estimate of drug-likeness (QED) is 0.509. The Kier molecular flexibility index (Phi) is 6.77. The molecule has 0 aliphatic carbocycles. The van der Waals surface area contributed by atoms with Crippen molar-refractivity contribution in [1.29, 1.82) is 0 Å². The van der Waals surface area contributed by atoms with Gasteiger partial charge in [-0.3, -0.25) is 14.5 Å². The lowest BCUT2D eigenvalue weighted by Crippen LogP contribution is -2.22. The van der Waals surface area contributed by atoms with Crippen LogP contribution >= 0.6 is 11.3 Å². The van der Waals surface area contributed by atoms with Crippen LogP contribution in [-0.2, 0) is 27.4 Å². The average Bonchev–Trinajstić information content (AvgIpc) is 3.16. The SMILES string of the molecule is CC(=O)N(c1ccc(C)c(C)c1)c1nc(COC(=O)CCc2ccccc2)cs1. The molecular weight excluding hydrogens is 384 g/mol. The van der Waals surface area contributed by atoms with E-state index in [4.69, 9.17) is 4.74 Å². The van der Waals surface area contributed by atoms with Crippen molar-refractivity contribution in [2.45, 2.75) is 40.2 Å². The molecule has 2 aromatic carbocycles. The Morgan fingerprint density at radius 2 is 1.83 bits per heavy atom. The number of anilines is 2. The van der Waals surface area contributed by atoms with E-state index < -0.39 is 0 Å². The molecule has 0 bridgehead atoms. The Morgan fingerprint density at radius 1 is 1.07 bits per heavy atom. The second-order valence-corrected chi connectivity index (χ2v) is 7.73. The van der Waals surface area contributed by atoms with Crippen LogP contribution in [0.5, 0.6) is 0 Å². The summed E-state index contributed by atoms with van der Waals surface area (Å²) >= 11 is 1.36. The summed E-state index contributed by atoms with van der Waals surface area (Å²) in [5, 5.41) is 2.38. The Bertz CT molecular complexity index is 998. The van der Waals surface area contributed by atoms with E-state index in [0.717, 1.165) is 16.8 Å². The van der Waals surface area contributed by atoms with Crippen LogP contribution in [0.15, 0.2) is 53.9 Å². The lowest BCUT2D eigenvalue weighted by molar-refractivity contribution is -0.145.